The Morgan fingerprint density at radius 3 is 2.23 bits per heavy atom. The number of pyridine rings is 2. The normalized spacial score (nSPS) is 16.1. The molecule has 0 fully saturated rings. The van der Waals surface area contributed by atoms with Crippen LogP contribution in [-0.2, 0) is 15.9 Å². The Balaban J connectivity index is 0.000000150. The van der Waals surface area contributed by atoms with Crippen molar-refractivity contribution in [1.82, 2.24) is 9.97 Å². The zero-order valence-electron chi connectivity index (χ0n) is 19.0. The van der Waals surface area contributed by atoms with Crippen molar-refractivity contribution in [2.45, 2.75) is 45.8 Å². The Hall–Kier alpha value is -2.82. The lowest BCUT2D eigenvalue weighted by Crippen LogP contribution is -2.00. The van der Waals surface area contributed by atoms with Crippen molar-refractivity contribution in [3.8, 4) is 0 Å². The summed E-state index contributed by atoms with van der Waals surface area (Å²) in [5.74, 6) is 0. The highest BCUT2D eigenvalue weighted by Crippen LogP contribution is 2.36. The third kappa shape index (κ3) is 4.18. The summed E-state index contributed by atoms with van der Waals surface area (Å²) in [7, 11) is 3.48. The van der Waals surface area contributed by atoms with Crippen LogP contribution in [0.2, 0.25) is 0 Å². The summed E-state index contributed by atoms with van der Waals surface area (Å²) in [6.07, 6.45) is 2.40. The summed E-state index contributed by atoms with van der Waals surface area (Å²) in [5, 5.41) is 2.49. The van der Waals surface area contributed by atoms with E-state index in [1.165, 1.54) is 27.5 Å². The first-order valence-electron chi connectivity index (χ1n) is 10.8. The lowest BCUT2D eigenvalue weighted by atomic mass is 10.0. The molecule has 1 aliphatic rings. The van der Waals surface area contributed by atoms with Crippen molar-refractivity contribution in [2.24, 2.45) is 0 Å². The zero-order chi connectivity index (χ0) is 22.0. The molecule has 0 N–H and O–H groups in total. The average molecular weight is 415 g/mol. The predicted octanol–water partition coefficient (Wildman–Crippen LogP) is 6.43. The average Bonchev–Trinajstić information content (AvgIpc) is 3.22. The number of aryl methyl sites for hydroxylation is 2. The Bertz CT molecular complexity index is 1220. The molecule has 4 heteroatoms. The van der Waals surface area contributed by atoms with Crippen molar-refractivity contribution in [3.05, 3.63) is 82.7 Å². The van der Waals surface area contributed by atoms with E-state index < -0.39 is 0 Å². The lowest BCUT2D eigenvalue weighted by Gasteiger charge is -2.11. The van der Waals surface area contributed by atoms with E-state index in [0.717, 1.165) is 35.3 Å². The van der Waals surface area contributed by atoms with E-state index in [1.807, 2.05) is 31.2 Å². The van der Waals surface area contributed by atoms with Gasteiger partial charge in [0.1, 0.15) is 0 Å². The molecule has 0 saturated carbocycles. The summed E-state index contributed by atoms with van der Waals surface area (Å²) < 4.78 is 10.8. The minimum Gasteiger partial charge on any atom is -0.375 e. The molecule has 2 unspecified atom stereocenters. The molecule has 160 valence electrons. The summed E-state index contributed by atoms with van der Waals surface area (Å²) >= 11 is 0. The number of nitrogens with zero attached hydrogens (tertiary/aromatic N) is 2. The van der Waals surface area contributed by atoms with E-state index in [4.69, 9.17) is 14.5 Å². The molecule has 2 aromatic carbocycles. The van der Waals surface area contributed by atoms with Gasteiger partial charge in [-0.2, -0.15) is 0 Å². The molecule has 31 heavy (non-hydrogen) atoms. The van der Waals surface area contributed by atoms with E-state index in [2.05, 4.69) is 49.2 Å². The second-order valence-electron chi connectivity index (χ2n) is 8.14. The quantitative estimate of drug-likeness (QED) is 0.388. The highest BCUT2D eigenvalue weighted by Gasteiger charge is 2.26. The van der Waals surface area contributed by atoms with Crippen molar-refractivity contribution in [1.29, 1.82) is 0 Å². The van der Waals surface area contributed by atoms with Gasteiger partial charge in [-0.25, -0.2) is 4.98 Å². The standard InChI is InChI=1S/C14H15NO.C13H15NO/c1-9-10-5-3-4-6-12(10)15-14-11(9)7-8-13(14)16-2;1-9-8-13(10(2)15-3)14-12-7-5-4-6-11(9)12/h3-6,13H,7-8H2,1-2H3;4-8,10H,1-3H3. The first-order valence-corrected chi connectivity index (χ1v) is 10.8. The topological polar surface area (TPSA) is 44.2 Å². The molecule has 0 bridgehead atoms. The Morgan fingerprint density at radius 2 is 1.55 bits per heavy atom. The van der Waals surface area contributed by atoms with Crippen LogP contribution in [0, 0.1) is 13.8 Å². The van der Waals surface area contributed by atoms with Gasteiger partial charge in [-0.15, -0.1) is 0 Å². The number of para-hydroxylation sites is 2. The molecule has 0 spiro atoms. The largest absolute Gasteiger partial charge is 0.375 e. The van der Waals surface area contributed by atoms with Crippen LogP contribution in [0.5, 0.6) is 0 Å². The number of hydrogen-bond donors (Lipinski definition) is 0. The van der Waals surface area contributed by atoms with Crippen LogP contribution in [0.15, 0.2) is 54.6 Å². The second kappa shape index (κ2) is 9.13. The molecule has 0 saturated heterocycles. The number of hydrogen-bond acceptors (Lipinski definition) is 4. The first-order chi connectivity index (χ1) is 15.0. The molecule has 0 aliphatic heterocycles. The monoisotopic (exact) mass is 414 g/mol. The fourth-order valence-corrected chi connectivity index (χ4v) is 4.37. The van der Waals surface area contributed by atoms with Gasteiger partial charge in [-0.05, 0) is 68.5 Å². The zero-order valence-corrected chi connectivity index (χ0v) is 19.0. The van der Waals surface area contributed by atoms with Gasteiger partial charge >= 0.3 is 0 Å². The van der Waals surface area contributed by atoms with E-state index in [1.54, 1.807) is 14.2 Å². The van der Waals surface area contributed by atoms with Crippen LogP contribution < -0.4 is 0 Å². The van der Waals surface area contributed by atoms with Gasteiger partial charge in [-0.1, -0.05) is 36.4 Å². The number of aromatic nitrogens is 2. The fourth-order valence-electron chi connectivity index (χ4n) is 4.37. The highest BCUT2D eigenvalue weighted by molar-refractivity contribution is 5.84. The third-order valence-corrected chi connectivity index (χ3v) is 6.27. The number of benzene rings is 2. The van der Waals surface area contributed by atoms with Crippen LogP contribution in [0.3, 0.4) is 0 Å². The van der Waals surface area contributed by atoms with Crippen LogP contribution in [-0.4, -0.2) is 24.2 Å². The molecule has 2 aromatic heterocycles. The number of fused-ring (bicyclic) bond motifs is 3. The number of ether oxygens (including phenoxy) is 2. The van der Waals surface area contributed by atoms with E-state index in [-0.39, 0.29) is 12.2 Å². The summed E-state index contributed by atoms with van der Waals surface area (Å²) in [6, 6.07) is 18.6. The van der Waals surface area contributed by atoms with Gasteiger partial charge in [-0.3, -0.25) is 4.98 Å². The summed E-state index contributed by atoms with van der Waals surface area (Å²) in [6.45, 7) is 6.31. The van der Waals surface area contributed by atoms with Crippen LogP contribution in [0.4, 0.5) is 0 Å². The lowest BCUT2D eigenvalue weighted by molar-refractivity contribution is 0.102. The third-order valence-electron chi connectivity index (χ3n) is 6.27. The molecule has 4 aromatic rings. The van der Waals surface area contributed by atoms with E-state index in [0.29, 0.717) is 0 Å². The van der Waals surface area contributed by atoms with Crippen LogP contribution in [0.1, 0.15) is 53.6 Å². The Morgan fingerprint density at radius 1 is 0.903 bits per heavy atom. The maximum absolute atomic E-state index is 5.48. The molecular formula is C27H30N2O2. The molecule has 2 atom stereocenters. The van der Waals surface area contributed by atoms with Crippen molar-refractivity contribution in [2.75, 3.05) is 14.2 Å². The first kappa shape index (κ1) is 21.4. The van der Waals surface area contributed by atoms with Gasteiger partial charge in [0.15, 0.2) is 0 Å². The molecule has 4 nitrogen and oxygen atoms in total. The minimum absolute atomic E-state index is 0.0494. The van der Waals surface area contributed by atoms with Gasteiger partial charge < -0.3 is 9.47 Å². The number of rotatable bonds is 3. The number of methoxy groups -OCH3 is 2. The predicted molar refractivity (Wildman–Crippen MR) is 126 cm³/mol. The van der Waals surface area contributed by atoms with Gasteiger partial charge in [0, 0.05) is 25.0 Å². The van der Waals surface area contributed by atoms with Gasteiger partial charge in [0.25, 0.3) is 0 Å². The smallest absolute Gasteiger partial charge is 0.0997 e. The fraction of sp³-hybridized carbons (Fsp3) is 0.333. The van der Waals surface area contributed by atoms with Crippen LogP contribution in [0.25, 0.3) is 21.8 Å². The maximum atomic E-state index is 5.48. The van der Waals surface area contributed by atoms with Crippen LogP contribution >= 0.6 is 0 Å². The van der Waals surface area contributed by atoms with E-state index >= 15 is 0 Å². The summed E-state index contributed by atoms with van der Waals surface area (Å²) in [5.41, 5.74) is 8.29. The van der Waals surface area contributed by atoms with Crippen molar-refractivity contribution >= 4 is 21.8 Å². The molecular weight excluding hydrogens is 384 g/mol. The second-order valence-corrected chi connectivity index (χ2v) is 8.14. The minimum atomic E-state index is 0.0494. The highest BCUT2D eigenvalue weighted by atomic mass is 16.5. The van der Waals surface area contributed by atoms with Crippen molar-refractivity contribution in [3.63, 3.8) is 0 Å². The molecule has 0 radical (unpaired) electrons. The SMILES string of the molecule is COC(C)c1cc(C)c2ccccc2n1.COC1CCc2c1nc1ccccc1c2C. The molecule has 1 aliphatic carbocycles. The van der Waals surface area contributed by atoms with Gasteiger partial charge in [0.2, 0.25) is 0 Å². The van der Waals surface area contributed by atoms with Crippen molar-refractivity contribution < 1.29 is 9.47 Å². The summed E-state index contributed by atoms with van der Waals surface area (Å²) in [4.78, 5) is 9.33. The molecule has 0 amide bonds. The maximum Gasteiger partial charge on any atom is 0.0997 e. The van der Waals surface area contributed by atoms with Gasteiger partial charge in [0.05, 0.1) is 34.6 Å². The Labute approximate surface area is 184 Å². The molecule has 2 heterocycles. The Kier molecular flexibility index (Phi) is 6.30. The molecule has 5 rings (SSSR count). The van der Waals surface area contributed by atoms with E-state index in [9.17, 15) is 0 Å².